The summed E-state index contributed by atoms with van der Waals surface area (Å²) in [5.41, 5.74) is 1.19. The van der Waals surface area contributed by atoms with Crippen molar-refractivity contribution in [3.63, 3.8) is 0 Å². The topological polar surface area (TPSA) is 55.4 Å². The Morgan fingerprint density at radius 2 is 1.68 bits per heavy atom. The third-order valence-electron chi connectivity index (χ3n) is 4.87. The molecule has 0 heterocycles. The van der Waals surface area contributed by atoms with Gasteiger partial charge in [0.05, 0.1) is 23.8 Å². The Kier molecular flexibility index (Phi) is 5.09. The van der Waals surface area contributed by atoms with Crippen molar-refractivity contribution in [3.8, 4) is 0 Å². The highest BCUT2D eigenvalue weighted by Gasteiger charge is 2.42. The molecule has 0 aromatic heterocycles. The predicted molar refractivity (Wildman–Crippen MR) is 98.0 cm³/mol. The molecule has 1 amide bonds. The summed E-state index contributed by atoms with van der Waals surface area (Å²) < 4.78 is 4.80. The molecular weight excluding hydrogens is 338 g/mol. The lowest BCUT2D eigenvalue weighted by molar-refractivity contribution is -0.121. The van der Waals surface area contributed by atoms with Crippen LogP contribution < -0.4 is 5.32 Å². The highest BCUT2D eigenvalue weighted by molar-refractivity contribution is 6.30. The summed E-state index contributed by atoms with van der Waals surface area (Å²) in [5, 5.41) is 3.60. The number of halogens is 1. The quantitative estimate of drug-likeness (QED) is 0.815. The van der Waals surface area contributed by atoms with Crippen molar-refractivity contribution in [2.45, 2.75) is 31.1 Å². The van der Waals surface area contributed by atoms with Crippen LogP contribution in [0, 0.1) is 0 Å². The van der Waals surface area contributed by atoms with Crippen molar-refractivity contribution < 1.29 is 14.3 Å². The molecule has 0 saturated heterocycles. The van der Waals surface area contributed by atoms with E-state index in [-0.39, 0.29) is 5.91 Å². The van der Waals surface area contributed by atoms with E-state index >= 15 is 0 Å². The van der Waals surface area contributed by atoms with Crippen LogP contribution in [0.25, 0.3) is 0 Å². The predicted octanol–water partition coefficient (Wildman–Crippen LogP) is 4.58. The minimum absolute atomic E-state index is 0.0938. The summed E-state index contributed by atoms with van der Waals surface area (Å²) in [6, 6.07) is 14.3. The van der Waals surface area contributed by atoms with Crippen LogP contribution in [0.2, 0.25) is 5.02 Å². The molecule has 0 spiro atoms. The zero-order valence-corrected chi connectivity index (χ0v) is 14.8. The van der Waals surface area contributed by atoms with Crippen LogP contribution in [0.5, 0.6) is 0 Å². The summed E-state index contributed by atoms with van der Waals surface area (Å²) in [5.74, 6) is -0.563. The normalized spacial score (nSPS) is 15.6. The average molecular weight is 358 g/mol. The summed E-state index contributed by atoms with van der Waals surface area (Å²) >= 11 is 5.99. The Hall–Kier alpha value is -2.33. The molecule has 0 aliphatic heterocycles. The maximum atomic E-state index is 13.2. The minimum Gasteiger partial charge on any atom is -0.465 e. The van der Waals surface area contributed by atoms with Crippen molar-refractivity contribution in [1.29, 1.82) is 0 Å². The Bertz CT molecular complexity index is 780. The van der Waals surface area contributed by atoms with Gasteiger partial charge in [0.1, 0.15) is 0 Å². The fourth-order valence-corrected chi connectivity index (χ4v) is 3.64. The SMILES string of the molecule is COC(=O)c1ccccc1NC(=O)C1(c2ccc(Cl)cc2)CCCC1. The number of methoxy groups -OCH3 is 1. The number of amides is 1. The molecule has 1 aliphatic carbocycles. The lowest BCUT2D eigenvalue weighted by Crippen LogP contribution is -2.38. The van der Waals surface area contributed by atoms with E-state index < -0.39 is 11.4 Å². The summed E-state index contributed by atoms with van der Waals surface area (Å²) in [6.07, 6.45) is 3.55. The molecule has 2 aromatic rings. The van der Waals surface area contributed by atoms with Gasteiger partial charge in [-0.3, -0.25) is 4.79 Å². The van der Waals surface area contributed by atoms with E-state index in [2.05, 4.69) is 5.32 Å². The maximum absolute atomic E-state index is 13.2. The molecule has 25 heavy (non-hydrogen) atoms. The van der Waals surface area contributed by atoms with Gasteiger partial charge in [0, 0.05) is 5.02 Å². The van der Waals surface area contributed by atoms with Crippen LogP contribution in [-0.2, 0) is 14.9 Å². The van der Waals surface area contributed by atoms with E-state index in [1.54, 1.807) is 24.3 Å². The van der Waals surface area contributed by atoms with Gasteiger partial charge in [-0.05, 0) is 42.7 Å². The van der Waals surface area contributed by atoms with E-state index in [1.807, 2.05) is 24.3 Å². The van der Waals surface area contributed by atoms with E-state index in [0.29, 0.717) is 16.3 Å². The van der Waals surface area contributed by atoms with Crippen molar-refractivity contribution in [2.24, 2.45) is 0 Å². The van der Waals surface area contributed by atoms with Crippen molar-refractivity contribution in [3.05, 3.63) is 64.7 Å². The highest BCUT2D eigenvalue weighted by Crippen LogP contribution is 2.42. The molecule has 0 atom stereocenters. The van der Waals surface area contributed by atoms with Gasteiger partial charge in [0.2, 0.25) is 5.91 Å². The fourth-order valence-electron chi connectivity index (χ4n) is 3.52. The average Bonchev–Trinajstić information content (AvgIpc) is 3.13. The number of hydrogen-bond donors (Lipinski definition) is 1. The van der Waals surface area contributed by atoms with Crippen LogP contribution in [0.3, 0.4) is 0 Å². The molecular formula is C20H20ClNO3. The van der Waals surface area contributed by atoms with Gasteiger partial charge >= 0.3 is 5.97 Å². The first-order valence-electron chi connectivity index (χ1n) is 8.32. The molecule has 5 heteroatoms. The molecule has 0 unspecified atom stereocenters. The van der Waals surface area contributed by atoms with Gasteiger partial charge in [-0.1, -0.05) is 48.7 Å². The van der Waals surface area contributed by atoms with E-state index in [0.717, 1.165) is 31.2 Å². The molecule has 2 aromatic carbocycles. The molecule has 1 N–H and O–H groups in total. The summed E-state index contributed by atoms with van der Waals surface area (Å²) in [6.45, 7) is 0. The smallest absolute Gasteiger partial charge is 0.339 e. The molecule has 0 radical (unpaired) electrons. The van der Waals surface area contributed by atoms with Crippen LogP contribution in [0.4, 0.5) is 5.69 Å². The first-order chi connectivity index (χ1) is 12.1. The Balaban J connectivity index is 1.93. The van der Waals surface area contributed by atoms with E-state index in [9.17, 15) is 9.59 Å². The molecule has 3 rings (SSSR count). The lowest BCUT2D eigenvalue weighted by Gasteiger charge is -2.28. The zero-order valence-electron chi connectivity index (χ0n) is 14.0. The Labute approximate surface area is 152 Å². The molecule has 130 valence electrons. The summed E-state index contributed by atoms with van der Waals surface area (Å²) in [4.78, 5) is 25.1. The van der Waals surface area contributed by atoms with Gasteiger partial charge in [-0.25, -0.2) is 4.79 Å². The molecule has 1 fully saturated rings. The van der Waals surface area contributed by atoms with Crippen LogP contribution in [-0.4, -0.2) is 19.0 Å². The number of benzene rings is 2. The second-order valence-electron chi connectivity index (χ2n) is 6.29. The number of esters is 1. The first kappa shape index (κ1) is 17.5. The van der Waals surface area contributed by atoms with Crippen LogP contribution >= 0.6 is 11.6 Å². The summed E-state index contributed by atoms with van der Waals surface area (Å²) in [7, 11) is 1.33. The number of anilines is 1. The van der Waals surface area contributed by atoms with Crippen molar-refractivity contribution >= 4 is 29.2 Å². The number of para-hydroxylation sites is 1. The zero-order chi connectivity index (χ0) is 17.9. The van der Waals surface area contributed by atoms with Crippen LogP contribution in [0.15, 0.2) is 48.5 Å². The second-order valence-corrected chi connectivity index (χ2v) is 6.72. The molecule has 1 saturated carbocycles. The Morgan fingerprint density at radius 1 is 1.04 bits per heavy atom. The van der Waals surface area contributed by atoms with Crippen LogP contribution in [0.1, 0.15) is 41.6 Å². The second kappa shape index (κ2) is 7.28. The standard InChI is InChI=1S/C20H20ClNO3/c1-25-18(23)16-6-2-3-7-17(16)22-19(24)20(12-4-5-13-20)14-8-10-15(21)11-9-14/h2-3,6-11H,4-5,12-13H2,1H3,(H,22,24). The number of rotatable bonds is 4. The molecule has 1 aliphatic rings. The van der Waals surface area contributed by atoms with E-state index in [4.69, 9.17) is 16.3 Å². The lowest BCUT2D eigenvalue weighted by atomic mass is 9.78. The molecule has 4 nitrogen and oxygen atoms in total. The van der Waals surface area contributed by atoms with Gasteiger partial charge in [-0.2, -0.15) is 0 Å². The highest BCUT2D eigenvalue weighted by atomic mass is 35.5. The fraction of sp³-hybridized carbons (Fsp3) is 0.300. The number of nitrogens with one attached hydrogen (secondary N) is 1. The number of hydrogen-bond acceptors (Lipinski definition) is 3. The van der Waals surface area contributed by atoms with E-state index in [1.165, 1.54) is 7.11 Å². The third-order valence-corrected chi connectivity index (χ3v) is 5.12. The third kappa shape index (κ3) is 3.40. The largest absolute Gasteiger partial charge is 0.465 e. The van der Waals surface area contributed by atoms with Gasteiger partial charge < -0.3 is 10.1 Å². The number of ether oxygens (including phenoxy) is 1. The van der Waals surface area contributed by atoms with Crippen molar-refractivity contribution in [2.75, 3.05) is 12.4 Å². The van der Waals surface area contributed by atoms with Gasteiger partial charge in [-0.15, -0.1) is 0 Å². The molecule has 0 bridgehead atoms. The number of carbonyl (C=O) groups is 2. The minimum atomic E-state index is -0.589. The first-order valence-corrected chi connectivity index (χ1v) is 8.69. The van der Waals surface area contributed by atoms with Gasteiger partial charge in [0.15, 0.2) is 0 Å². The maximum Gasteiger partial charge on any atom is 0.339 e. The monoisotopic (exact) mass is 357 g/mol. The van der Waals surface area contributed by atoms with Gasteiger partial charge in [0.25, 0.3) is 0 Å². The number of carbonyl (C=O) groups excluding carboxylic acids is 2. The Morgan fingerprint density at radius 3 is 2.32 bits per heavy atom. The van der Waals surface area contributed by atoms with Crippen molar-refractivity contribution in [1.82, 2.24) is 0 Å².